The number of aliphatic hydroxyl groups excluding tert-OH is 3. The van der Waals surface area contributed by atoms with E-state index in [1.807, 2.05) is 0 Å². The molecule has 0 saturated carbocycles. The minimum atomic E-state index is -1.78. The van der Waals surface area contributed by atoms with Gasteiger partial charge < -0.3 is 100 Å². The molecule has 37 heteroatoms. The molecule has 2 saturated heterocycles. The Morgan fingerprint density at radius 3 is 1.53 bits per heavy atom. The highest BCUT2D eigenvalue weighted by Gasteiger charge is 2.45. The SMILES string of the molecule is CC(C)[C@H](NC(=O)C(NC(=O)[C@H](Cc1ccc(O)cc1)NC(=O)[C@@H]1CCCN1C(=O)[C@@H]1CCCN1C(=O)[C@H](CS)CC(=O)[C@H](CO)NC(=O)C(CC(=O)[C@H](Cc1ccc(O)cc1)NC(=O)[C@H](CCCN=C(N)N)CC(=O)[C@H](CS)NC(=O)[C@H](C)N)[C@@H](C)O)[C@@H](C)O)C(=O)N[C@@H](CS)C(=O)N[C@@H](C)C(=O)O. The number of aliphatic imine (C=N–C) groups is 1. The molecule has 10 amide bonds. The van der Waals surface area contributed by atoms with E-state index in [0.29, 0.717) is 24.0 Å². The zero-order valence-electron chi connectivity index (χ0n) is 59.5. The second-order valence-corrected chi connectivity index (χ2v) is 27.8. The van der Waals surface area contributed by atoms with Gasteiger partial charge in [-0.05, 0) is 114 Å². The normalized spacial score (nSPS) is 18.2. The van der Waals surface area contributed by atoms with Crippen LogP contribution in [-0.2, 0) is 80.0 Å². The highest BCUT2D eigenvalue weighted by atomic mass is 32.1. The standard InChI is InChI=1S/C68H102N14O20S3/c1-33(2)55(63(97)78-49(32-105)61(95)73-35(4)67(101)102)79-64(98)56(37(6)85)80-60(94)46(25-39-15-19-43(87)20-16-39)75-62(96)50-11-8-22-81(50)66(100)51-12-9-23-82(51)65(99)41(30-103)27-52(88)47(29-83)76-59(93)44(36(5)84)28-54(90)45(24-38-13-17-42(86)18-14-38)74-58(92)40(10-7-21-72-68(70)71)26-53(89)48(31-104)77-57(91)34(3)69/h13-20,33-37,40-41,44-51,55-56,83-87,103-105H,7-12,21-32,69H2,1-6H3,(H,73,95)(H,74,92)(H,75,96)(H,76,93)(H,77,91)(H,78,97)(H,79,98)(H,80,94)(H,101,102)(H4,70,71,72)/t34-,35-,36+,37+,40+,41-,44?,45-,46-,47-,48-,49-,50-,51-,55-,56?/m0/s1. The molecule has 2 fully saturated rings. The molecule has 2 heterocycles. The smallest absolute Gasteiger partial charge is 0.325 e. The number of hydrogen-bond acceptors (Lipinski definition) is 24. The molecule has 0 aliphatic carbocycles. The van der Waals surface area contributed by atoms with Crippen molar-refractivity contribution < 1.29 is 97.8 Å². The summed E-state index contributed by atoms with van der Waals surface area (Å²) in [6.45, 7) is 7.17. The van der Waals surface area contributed by atoms with Crippen LogP contribution in [0.25, 0.3) is 0 Å². The molecule has 2 aliphatic rings. The van der Waals surface area contributed by atoms with E-state index in [1.165, 1.54) is 86.0 Å². The van der Waals surface area contributed by atoms with Gasteiger partial charge in [0.2, 0.25) is 59.1 Å². The predicted octanol–water partition coefficient (Wildman–Crippen LogP) is -3.83. The number of rotatable bonds is 43. The lowest BCUT2D eigenvalue weighted by molar-refractivity contribution is -0.148. The van der Waals surface area contributed by atoms with Crippen molar-refractivity contribution in [2.24, 2.45) is 45.9 Å². The Labute approximate surface area is 624 Å². The van der Waals surface area contributed by atoms with Crippen LogP contribution in [0.2, 0.25) is 0 Å². The van der Waals surface area contributed by atoms with E-state index >= 15 is 0 Å². The first-order valence-electron chi connectivity index (χ1n) is 34.5. The first-order chi connectivity index (χ1) is 49.5. The summed E-state index contributed by atoms with van der Waals surface area (Å²) in [6.07, 6.45) is -4.62. The third-order valence-electron chi connectivity index (χ3n) is 18.0. The van der Waals surface area contributed by atoms with Crippen molar-refractivity contribution in [3.63, 3.8) is 0 Å². The number of phenols is 2. The van der Waals surface area contributed by atoms with Gasteiger partial charge in [0.25, 0.3) is 0 Å². The Morgan fingerprint density at radius 2 is 1.02 bits per heavy atom. The average molecular weight is 1530 g/mol. The molecule has 20 N–H and O–H groups in total. The van der Waals surface area contributed by atoms with E-state index in [1.54, 1.807) is 13.8 Å². The number of thiol groups is 3. The van der Waals surface area contributed by atoms with Crippen LogP contribution in [0.1, 0.15) is 110 Å². The average Bonchev–Trinajstić information content (AvgIpc) is 1.72. The van der Waals surface area contributed by atoms with E-state index in [2.05, 4.69) is 85.4 Å². The minimum absolute atomic E-state index is 0.000512. The van der Waals surface area contributed by atoms with Crippen LogP contribution in [0, 0.1) is 23.7 Å². The number of amides is 10. The minimum Gasteiger partial charge on any atom is -0.508 e. The number of aromatic hydroxyl groups is 2. The summed E-state index contributed by atoms with van der Waals surface area (Å²) in [5, 5.41) is 81.7. The Balaban J connectivity index is 1.51. The van der Waals surface area contributed by atoms with Gasteiger partial charge >= 0.3 is 5.97 Å². The van der Waals surface area contributed by atoms with Crippen LogP contribution in [0.15, 0.2) is 53.5 Å². The molecule has 2 aromatic rings. The molecule has 2 aliphatic heterocycles. The number of carboxylic acid groups (broad SMARTS) is 1. The molecular formula is C68H102N14O20S3. The largest absolute Gasteiger partial charge is 0.508 e. The highest BCUT2D eigenvalue weighted by Crippen LogP contribution is 2.29. The number of nitrogens with zero attached hydrogens (tertiary/aromatic N) is 3. The van der Waals surface area contributed by atoms with Gasteiger partial charge in [0.05, 0.1) is 48.8 Å². The fourth-order valence-corrected chi connectivity index (χ4v) is 12.6. The van der Waals surface area contributed by atoms with Gasteiger partial charge in [0, 0.05) is 68.5 Å². The topological polar surface area (TPSA) is 553 Å². The number of likely N-dealkylation sites (tertiary alicyclic amines) is 2. The fraction of sp³-hybridized carbons (Fsp3) is 0.603. The molecule has 0 spiro atoms. The second-order valence-electron chi connectivity index (χ2n) is 26.7. The van der Waals surface area contributed by atoms with Crippen LogP contribution in [-0.4, -0.2) is 251 Å². The summed E-state index contributed by atoms with van der Waals surface area (Å²) in [4.78, 5) is 200. The quantitative estimate of drug-likeness (QED) is 0.0131. The molecule has 2 aromatic carbocycles. The Bertz CT molecular complexity index is 3400. The third-order valence-corrected chi connectivity index (χ3v) is 19.1. The van der Waals surface area contributed by atoms with Crippen molar-refractivity contribution in [1.82, 2.24) is 52.3 Å². The van der Waals surface area contributed by atoms with Crippen molar-refractivity contribution in [3.05, 3.63) is 59.7 Å². The number of ketones is 3. The van der Waals surface area contributed by atoms with Gasteiger partial charge in [-0.3, -0.25) is 72.1 Å². The number of aliphatic hydroxyl groups is 3. The molecule has 582 valence electrons. The van der Waals surface area contributed by atoms with Crippen LogP contribution in [0.3, 0.4) is 0 Å². The Morgan fingerprint density at radius 1 is 0.533 bits per heavy atom. The van der Waals surface area contributed by atoms with E-state index in [0.717, 1.165) is 0 Å². The van der Waals surface area contributed by atoms with Gasteiger partial charge in [-0.2, -0.15) is 37.9 Å². The maximum absolute atomic E-state index is 14.7. The number of Topliss-reactive ketones (excluding diaryl/α,β-unsaturated/α-hetero) is 3. The molecule has 16 atom stereocenters. The number of hydrogen-bond donors (Lipinski definition) is 20. The number of carbonyl (C=O) groups excluding carboxylic acids is 13. The van der Waals surface area contributed by atoms with Crippen molar-refractivity contribution in [2.45, 2.75) is 191 Å². The maximum Gasteiger partial charge on any atom is 0.325 e. The molecule has 0 radical (unpaired) electrons. The fourth-order valence-electron chi connectivity index (χ4n) is 11.8. The third kappa shape index (κ3) is 27.4. The van der Waals surface area contributed by atoms with E-state index < -0.39 is 211 Å². The van der Waals surface area contributed by atoms with Crippen LogP contribution >= 0.6 is 37.9 Å². The van der Waals surface area contributed by atoms with Gasteiger partial charge in [-0.1, -0.05) is 38.1 Å². The van der Waals surface area contributed by atoms with E-state index in [4.69, 9.17) is 17.2 Å². The monoisotopic (exact) mass is 1530 g/mol. The van der Waals surface area contributed by atoms with Gasteiger partial charge in [-0.25, -0.2) is 0 Å². The summed E-state index contributed by atoms with van der Waals surface area (Å²) in [5.74, 6) is -18.1. The summed E-state index contributed by atoms with van der Waals surface area (Å²) >= 11 is 12.7. The molecule has 0 bridgehead atoms. The second kappa shape index (κ2) is 43.1. The maximum atomic E-state index is 14.7. The lowest BCUT2D eigenvalue weighted by Gasteiger charge is -2.33. The molecule has 105 heavy (non-hydrogen) atoms. The van der Waals surface area contributed by atoms with Gasteiger partial charge in [-0.15, -0.1) is 0 Å². The number of carbonyl (C=O) groups is 14. The predicted molar refractivity (Wildman–Crippen MR) is 392 cm³/mol. The van der Waals surface area contributed by atoms with Crippen molar-refractivity contribution in [1.29, 1.82) is 0 Å². The summed E-state index contributed by atoms with van der Waals surface area (Å²) in [5.41, 5.74) is 17.5. The van der Waals surface area contributed by atoms with Crippen LogP contribution in [0.4, 0.5) is 0 Å². The van der Waals surface area contributed by atoms with E-state index in [-0.39, 0.29) is 92.9 Å². The van der Waals surface area contributed by atoms with Crippen LogP contribution < -0.4 is 59.7 Å². The van der Waals surface area contributed by atoms with Gasteiger partial charge in [0.1, 0.15) is 59.8 Å². The number of nitrogens with one attached hydrogen (secondary N) is 8. The highest BCUT2D eigenvalue weighted by molar-refractivity contribution is 7.80. The lowest BCUT2D eigenvalue weighted by Crippen LogP contribution is -2.62. The van der Waals surface area contributed by atoms with Crippen molar-refractivity contribution in [2.75, 3.05) is 43.5 Å². The Hall–Kier alpha value is -8.62. The number of benzene rings is 2. The van der Waals surface area contributed by atoms with Gasteiger partial charge in [0.15, 0.2) is 23.3 Å². The number of phenolic OH excluding ortho intramolecular Hbond substituents is 2. The van der Waals surface area contributed by atoms with Crippen molar-refractivity contribution >= 4 is 126 Å². The Kier molecular flexibility index (Phi) is 36.5. The summed E-state index contributed by atoms with van der Waals surface area (Å²) < 4.78 is 0. The molecule has 34 nitrogen and oxygen atoms in total. The molecule has 4 rings (SSSR count). The number of guanidine groups is 1. The summed E-state index contributed by atoms with van der Waals surface area (Å²) in [7, 11) is 0. The molecular weight excluding hydrogens is 1430 g/mol. The first kappa shape index (κ1) is 88.8. The first-order valence-corrected chi connectivity index (χ1v) is 36.4. The van der Waals surface area contributed by atoms with Crippen molar-refractivity contribution in [3.8, 4) is 11.5 Å². The molecule has 0 aromatic heterocycles. The van der Waals surface area contributed by atoms with Crippen LogP contribution in [0.5, 0.6) is 11.5 Å². The zero-order valence-corrected chi connectivity index (χ0v) is 62.2. The number of nitrogens with two attached hydrogens (primary N) is 3. The van der Waals surface area contributed by atoms with E-state index in [9.17, 15) is 97.8 Å². The summed E-state index contributed by atoms with van der Waals surface area (Å²) in [6, 6.07) is -3.90. The number of aliphatic carboxylic acids is 1. The molecule has 2 unspecified atom stereocenters. The lowest BCUT2D eigenvalue weighted by atomic mass is 9.89. The number of carboxylic acids is 1. The zero-order chi connectivity index (χ0) is 78.7.